The molecule has 46 heavy (non-hydrogen) atoms. The third-order valence-electron chi connectivity index (χ3n) is 7.89. The number of rotatable bonds is 6. The van der Waals surface area contributed by atoms with Crippen LogP contribution in [0.15, 0.2) is 59.5 Å². The molecule has 2 aromatic carbocycles. The highest BCUT2D eigenvalue weighted by Gasteiger charge is 2.29. The topological polar surface area (TPSA) is 155 Å². The van der Waals surface area contributed by atoms with Crippen molar-refractivity contribution in [2.45, 2.75) is 76.5 Å². The molecule has 0 aliphatic carbocycles. The molecule has 2 heterocycles. The fourth-order valence-electron chi connectivity index (χ4n) is 5.48. The highest BCUT2D eigenvalue weighted by atomic mass is 32.2. The Morgan fingerprint density at radius 3 is 2.28 bits per heavy atom. The van der Waals surface area contributed by atoms with E-state index >= 15 is 0 Å². The number of fused-ring (bicyclic) bond motifs is 1. The predicted molar refractivity (Wildman–Crippen MR) is 174 cm³/mol. The van der Waals surface area contributed by atoms with E-state index in [1.165, 1.54) is 10.9 Å². The summed E-state index contributed by atoms with van der Waals surface area (Å²) in [7, 11) is -3.30. The molecule has 0 bridgehead atoms. The molecule has 0 unspecified atom stereocenters. The van der Waals surface area contributed by atoms with Crippen molar-refractivity contribution in [2.24, 2.45) is 5.92 Å². The van der Waals surface area contributed by atoms with Crippen LogP contribution in [0.3, 0.4) is 0 Å². The number of aryl methyl sites for hydroxylation is 1. The third kappa shape index (κ3) is 10.2. The zero-order chi connectivity index (χ0) is 33.3. The van der Waals surface area contributed by atoms with Crippen LogP contribution in [-0.4, -0.2) is 77.7 Å². The Balaban J connectivity index is 1.57. The minimum Gasteiger partial charge on any atom is -0.354 e. The van der Waals surface area contributed by atoms with Crippen LogP contribution in [0.5, 0.6) is 0 Å². The third-order valence-corrected chi connectivity index (χ3v) is 9.01. The molecule has 12 nitrogen and oxygen atoms in total. The van der Waals surface area contributed by atoms with E-state index in [2.05, 4.69) is 30.9 Å². The van der Waals surface area contributed by atoms with Crippen molar-refractivity contribution in [1.29, 1.82) is 0 Å². The van der Waals surface area contributed by atoms with Crippen LogP contribution in [0.4, 0.5) is 0 Å². The van der Waals surface area contributed by atoms with Gasteiger partial charge in [-0.3, -0.25) is 19.3 Å². The highest BCUT2D eigenvalue weighted by Crippen LogP contribution is 2.21. The zero-order valence-electron chi connectivity index (χ0n) is 27.0. The molecule has 248 valence electrons. The Labute approximate surface area is 271 Å². The molecule has 0 saturated heterocycles. The molecular formula is C33H45N7O5S. The lowest BCUT2D eigenvalue weighted by Crippen LogP contribution is -2.50. The number of benzene rings is 2. The quantitative estimate of drug-likeness (QED) is 0.367. The number of carbonyl (C=O) groups excluding carboxylic acids is 3. The van der Waals surface area contributed by atoms with Crippen molar-refractivity contribution in [1.82, 2.24) is 35.6 Å². The average molecular weight is 652 g/mol. The Morgan fingerprint density at radius 1 is 0.913 bits per heavy atom. The van der Waals surface area contributed by atoms with Crippen LogP contribution >= 0.6 is 0 Å². The molecule has 0 spiro atoms. The predicted octanol–water partition coefficient (Wildman–Crippen LogP) is 2.33. The van der Waals surface area contributed by atoms with Gasteiger partial charge < -0.3 is 16.0 Å². The van der Waals surface area contributed by atoms with E-state index < -0.39 is 21.9 Å². The first-order chi connectivity index (χ1) is 21.9. The molecule has 4 rings (SSSR count). The maximum atomic E-state index is 13.8. The van der Waals surface area contributed by atoms with E-state index in [1.807, 2.05) is 44.2 Å². The number of aromatic nitrogens is 3. The van der Waals surface area contributed by atoms with Crippen LogP contribution in [0.2, 0.25) is 0 Å². The van der Waals surface area contributed by atoms with Crippen LogP contribution < -0.4 is 16.0 Å². The van der Waals surface area contributed by atoms with Gasteiger partial charge in [-0.2, -0.15) is 5.10 Å². The van der Waals surface area contributed by atoms with Gasteiger partial charge in [0.2, 0.25) is 17.7 Å². The summed E-state index contributed by atoms with van der Waals surface area (Å²) in [6, 6.07) is 15.0. The lowest BCUT2D eigenvalue weighted by atomic mass is 10.0. The summed E-state index contributed by atoms with van der Waals surface area (Å²) >= 11 is 0. The van der Waals surface area contributed by atoms with Crippen LogP contribution in [0, 0.1) is 12.8 Å². The van der Waals surface area contributed by atoms with Gasteiger partial charge in [-0.15, -0.1) is 0 Å². The number of hydrogen-bond donors (Lipinski definition) is 3. The monoisotopic (exact) mass is 651 g/mol. The van der Waals surface area contributed by atoms with Gasteiger partial charge in [-0.25, -0.2) is 18.1 Å². The second kappa shape index (κ2) is 15.9. The molecule has 0 radical (unpaired) electrons. The summed E-state index contributed by atoms with van der Waals surface area (Å²) in [5.41, 5.74) is 1.85. The Bertz CT molecular complexity index is 1590. The molecule has 3 aromatic rings. The van der Waals surface area contributed by atoms with E-state index in [9.17, 15) is 22.8 Å². The van der Waals surface area contributed by atoms with Gasteiger partial charge in [-0.1, -0.05) is 56.3 Å². The van der Waals surface area contributed by atoms with E-state index in [0.717, 1.165) is 11.1 Å². The standard InChI is InChI=1S/C33H45N7O5S/c1-23(2)31-32-35-24(3)38-40(32)22-30(42)34-17-9-19-39(21-26-13-15-27(16-14-26)46(4,44)45)18-8-12-29(41)36-28(33(43)37-31)20-25-10-6-5-7-11-25/h5-7,10-11,13-16,23,28,31H,8-9,12,17-22H2,1-4H3,(H,34,42)(H,36,41)(H,37,43)/t28-,31+/m1/s1. The van der Waals surface area contributed by atoms with Gasteiger partial charge in [0.05, 0.1) is 10.9 Å². The maximum Gasteiger partial charge on any atom is 0.243 e. The summed E-state index contributed by atoms with van der Waals surface area (Å²) in [4.78, 5) is 47.0. The van der Waals surface area contributed by atoms with Gasteiger partial charge in [0.15, 0.2) is 15.7 Å². The molecule has 1 aliphatic heterocycles. The van der Waals surface area contributed by atoms with Crippen molar-refractivity contribution in [3.63, 3.8) is 0 Å². The molecule has 1 aromatic heterocycles. The van der Waals surface area contributed by atoms with Crippen molar-refractivity contribution in [3.8, 4) is 0 Å². The summed E-state index contributed by atoms with van der Waals surface area (Å²) < 4.78 is 25.3. The van der Waals surface area contributed by atoms with E-state index in [0.29, 0.717) is 57.1 Å². The number of hydrogen-bond acceptors (Lipinski definition) is 8. The van der Waals surface area contributed by atoms with Crippen molar-refractivity contribution < 1.29 is 22.8 Å². The van der Waals surface area contributed by atoms with Crippen LogP contribution in [0.1, 0.15) is 61.9 Å². The molecular weight excluding hydrogens is 606 g/mol. The first kappa shape index (κ1) is 34.8. The molecule has 0 saturated carbocycles. The highest BCUT2D eigenvalue weighted by molar-refractivity contribution is 7.90. The van der Waals surface area contributed by atoms with Gasteiger partial charge in [0.25, 0.3) is 0 Å². The summed E-state index contributed by atoms with van der Waals surface area (Å²) in [5.74, 6) is 0.132. The molecule has 1 aliphatic rings. The van der Waals surface area contributed by atoms with Gasteiger partial charge in [0, 0.05) is 38.7 Å². The smallest absolute Gasteiger partial charge is 0.243 e. The number of sulfone groups is 1. The van der Waals surface area contributed by atoms with Crippen LogP contribution in [-0.2, 0) is 43.7 Å². The number of amides is 3. The van der Waals surface area contributed by atoms with Gasteiger partial charge in [0.1, 0.15) is 18.4 Å². The molecule has 2 atom stereocenters. The molecule has 3 N–H and O–H groups in total. The Kier molecular flexibility index (Phi) is 12.1. The Morgan fingerprint density at radius 2 is 1.61 bits per heavy atom. The maximum absolute atomic E-state index is 13.8. The lowest BCUT2D eigenvalue weighted by Gasteiger charge is -2.26. The van der Waals surface area contributed by atoms with Gasteiger partial charge in [-0.05, 0) is 55.5 Å². The molecule has 3 amide bonds. The first-order valence-corrected chi connectivity index (χ1v) is 17.6. The number of nitrogens with one attached hydrogen (secondary N) is 3. The average Bonchev–Trinajstić information content (AvgIpc) is 3.36. The molecule has 0 fully saturated rings. The second-order valence-corrected chi connectivity index (χ2v) is 14.2. The minimum atomic E-state index is -3.30. The SMILES string of the molecule is Cc1nc2n(n1)CC(=O)NCCCN(Cc1ccc(S(C)(=O)=O)cc1)CCCC(=O)N[C@H](Cc1ccccc1)C(=O)N[C@H]2C(C)C. The summed E-state index contributed by atoms with van der Waals surface area (Å²) in [6.07, 6.45) is 2.94. The molecule has 13 heteroatoms. The fourth-order valence-corrected chi connectivity index (χ4v) is 6.11. The summed E-state index contributed by atoms with van der Waals surface area (Å²) in [5, 5.41) is 13.5. The second-order valence-electron chi connectivity index (χ2n) is 12.2. The Hall–Kier alpha value is -4.10. The first-order valence-electron chi connectivity index (χ1n) is 15.7. The normalized spacial score (nSPS) is 19.8. The van der Waals surface area contributed by atoms with Gasteiger partial charge >= 0.3 is 0 Å². The van der Waals surface area contributed by atoms with E-state index in [1.54, 1.807) is 31.2 Å². The lowest BCUT2D eigenvalue weighted by molar-refractivity contribution is -0.129. The van der Waals surface area contributed by atoms with Crippen molar-refractivity contribution in [3.05, 3.63) is 77.4 Å². The minimum absolute atomic E-state index is 0.0458. The zero-order valence-corrected chi connectivity index (χ0v) is 27.8. The van der Waals surface area contributed by atoms with Crippen molar-refractivity contribution >= 4 is 27.6 Å². The van der Waals surface area contributed by atoms with E-state index in [4.69, 9.17) is 0 Å². The number of carbonyl (C=O) groups is 3. The summed E-state index contributed by atoms with van der Waals surface area (Å²) in [6.45, 7) is 7.86. The van der Waals surface area contributed by atoms with E-state index in [-0.39, 0.29) is 41.5 Å². The number of nitrogens with zero attached hydrogens (tertiary/aromatic N) is 4. The van der Waals surface area contributed by atoms with Crippen molar-refractivity contribution in [2.75, 3.05) is 25.9 Å². The van der Waals surface area contributed by atoms with Crippen LogP contribution in [0.25, 0.3) is 0 Å². The largest absolute Gasteiger partial charge is 0.354 e. The fraction of sp³-hybridized carbons (Fsp3) is 0.485.